The highest BCUT2D eigenvalue weighted by Gasteiger charge is 2.07. The molecule has 0 fully saturated rings. The van der Waals surface area contributed by atoms with Gasteiger partial charge in [-0.15, -0.1) is 0 Å². The number of aromatic nitrogens is 2. The molecule has 0 amide bonds. The van der Waals surface area contributed by atoms with Gasteiger partial charge in [0.1, 0.15) is 0 Å². The third-order valence-corrected chi connectivity index (χ3v) is 3.06. The number of rotatable bonds is 4. The van der Waals surface area contributed by atoms with E-state index in [-0.39, 0.29) is 0 Å². The predicted octanol–water partition coefficient (Wildman–Crippen LogP) is 2.46. The Bertz CT molecular complexity index is 473. The topological polar surface area (TPSA) is 29.9 Å². The van der Waals surface area contributed by atoms with Crippen molar-refractivity contribution in [1.29, 1.82) is 0 Å². The Morgan fingerprint density at radius 3 is 2.88 bits per heavy atom. The highest BCUT2D eigenvalue weighted by molar-refractivity contribution is 5.81. The molecule has 1 N–H and O–H groups in total. The molecule has 0 radical (unpaired) electrons. The summed E-state index contributed by atoms with van der Waals surface area (Å²) in [6, 6.07) is 8.90. The molecule has 1 aromatic heterocycles. The molecule has 0 aliphatic carbocycles. The molecule has 1 aromatic carbocycles. The van der Waals surface area contributed by atoms with Crippen LogP contribution in [0.3, 0.4) is 0 Å². The van der Waals surface area contributed by atoms with E-state index in [1.165, 1.54) is 10.9 Å². The van der Waals surface area contributed by atoms with E-state index in [2.05, 4.69) is 48.5 Å². The van der Waals surface area contributed by atoms with Crippen LogP contribution in [0, 0.1) is 0 Å². The van der Waals surface area contributed by atoms with Crippen LogP contribution in [0.15, 0.2) is 24.3 Å². The van der Waals surface area contributed by atoms with Crippen LogP contribution in [0.25, 0.3) is 10.9 Å². The highest BCUT2D eigenvalue weighted by atomic mass is 15.3. The summed E-state index contributed by atoms with van der Waals surface area (Å²) >= 11 is 0. The van der Waals surface area contributed by atoms with Crippen LogP contribution < -0.4 is 5.32 Å². The summed E-state index contributed by atoms with van der Waals surface area (Å²) in [5, 5.41) is 9.28. The van der Waals surface area contributed by atoms with Crippen molar-refractivity contribution >= 4 is 10.9 Å². The van der Waals surface area contributed by atoms with Gasteiger partial charge in [-0.3, -0.25) is 4.68 Å². The third-order valence-electron chi connectivity index (χ3n) is 3.06. The monoisotopic (exact) mass is 217 g/mol. The lowest BCUT2D eigenvalue weighted by molar-refractivity contribution is 0.527. The summed E-state index contributed by atoms with van der Waals surface area (Å²) in [5.74, 6) is 0. The lowest BCUT2D eigenvalue weighted by Gasteiger charge is -2.09. The summed E-state index contributed by atoms with van der Waals surface area (Å²) < 4.78 is 1.95. The minimum atomic E-state index is 0.542. The van der Waals surface area contributed by atoms with Crippen LogP contribution in [-0.4, -0.2) is 15.8 Å². The molecule has 0 aliphatic rings. The van der Waals surface area contributed by atoms with Crippen molar-refractivity contribution in [2.24, 2.45) is 7.05 Å². The van der Waals surface area contributed by atoms with Gasteiger partial charge in [-0.05, 0) is 19.4 Å². The maximum Gasteiger partial charge on any atom is 0.0841 e. The largest absolute Gasteiger partial charge is 0.309 e. The van der Waals surface area contributed by atoms with Gasteiger partial charge < -0.3 is 5.32 Å². The van der Waals surface area contributed by atoms with E-state index in [0.29, 0.717) is 6.04 Å². The summed E-state index contributed by atoms with van der Waals surface area (Å²) in [4.78, 5) is 0. The molecule has 0 aliphatic heterocycles. The van der Waals surface area contributed by atoms with Gasteiger partial charge in [0.15, 0.2) is 0 Å². The molecule has 0 saturated carbocycles. The Morgan fingerprint density at radius 1 is 1.38 bits per heavy atom. The van der Waals surface area contributed by atoms with Crippen molar-refractivity contribution in [3.63, 3.8) is 0 Å². The number of nitrogens with zero attached hydrogens (tertiary/aromatic N) is 2. The molecule has 2 rings (SSSR count). The minimum absolute atomic E-state index is 0.542. The molecule has 3 nitrogen and oxygen atoms in total. The summed E-state index contributed by atoms with van der Waals surface area (Å²) in [6.45, 7) is 5.23. The summed E-state index contributed by atoms with van der Waals surface area (Å²) in [6.07, 6.45) is 1.14. The first-order chi connectivity index (χ1) is 7.72. The van der Waals surface area contributed by atoms with Crippen molar-refractivity contribution in [2.75, 3.05) is 0 Å². The van der Waals surface area contributed by atoms with Gasteiger partial charge in [-0.2, -0.15) is 5.10 Å². The fourth-order valence-corrected chi connectivity index (χ4v) is 1.83. The smallest absolute Gasteiger partial charge is 0.0841 e. The Labute approximate surface area is 96.5 Å². The van der Waals surface area contributed by atoms with Crippen LogP contribution in [0.2, 0.25) is 0 Å². The number of fused-ring (bicyclic) bond motifs is 1. The average Bonchev–Trinajstić information content (AvgIpc) is 2.64. The van der Waals surface area contributed by atoms with E-state index < -0.39 is 0 Å². The van der Waals surface area contributed by atoms with Crippen LogP contribution in [-0.2, 0) is 13.6 Å². The van der Waals surface area contributed by atoms with Crippen molar-refractivity contribution < 1.29 is 0 Å². The zero-order valence-electron chi connectivity index (χ0n) is 10.2. The molecular weight excluding hydrogens is 198 g/mol. The summed E-state index contributed by atoms with van der Waals surface area (Å²) in [7, 11) is 2.00. The van der Waals surface area contributed by atoms with Crippen molar-refractivity contribution in [3.05, 3.63) is 30.0 Å². The van der Waals surface area contributed by atoms with Gasteiger partial charge in [0.25, 0.3) is 0 Å². The lowest BCUT2D eigenvalue weighted by Crippen LogP contribution is -2.24. The molecule has 1 atom stereocenters. The van der Waals surface area contributed by atoms with Crippen molar-refractivity contribution in [1.82, 2.24) is 15.1 Å². The number of nitrogens with one attached hydrogen (secondary N) is 1. The van der Waals surface area contributed by atoms with Crippen LogP contribution >= 0.6 is 0 Å². The quantitative estimate of drug-likeness (QED) is 0.852. The summed E-state index contributed by atoms with van der Waals surface area (Å²) in [5.41, 5.74) is 2.34. The molecule has 0 spiro atoms. The van der Waals surface area contributed by atoms with E-state index in [1.54, 1.807) is 0 Å². The van der Waals surface area contributed by atoms with E-state index in [0.717, 1.165) is 18.7 Å². The maximum atomic E-state index is 4.55. The second-order valence-electron chi connectivity index (χ2n) is 4.28. The van der Waals surface area contributed by atoms with Gasteiger partial charge in [0, 0.05) is 25.0 Å². The highest BCUT2D eigenvalue weighted by Crippen LogP contribution is 2.17. The number of para-hydroxylation sites is 1. The molecule has 3 heteroatoms. The van der Waals surface area contributed by atoms with Gasteiger partial charge in [-0.25, -0.2) is 0 Å². The van der Waals surface area contributed by atoms with E-state index >= 15 is 0 Å². The van der Waals surface area contributed by atoms with Crippen LogP contribution in [0.1, 0.15) is 26.0 Å². The average molecular weight is 217 g/mol. The van der Waals surface area contributed by atoms with E-state index in [1.807, 2.05) is 11.7 Å². The Hall–Kier alpha value is -1.35. The molecule has 16 heavy (non-hydrogen) atoms. The van der Waals surface area contributed by atoms with Gasteiger partial charge >= 0.3 is 0 Å². The van der Waals surface area contributed by atoms with Crippen molar-refractivity contribution in [3.8, 4) is 0 Å². The molecule has 0 saturated heterocycles. The number of benzene rings is 1. The molecule has 1 heterocycles. The fraction of sp³-hybridized carbons (Fsp3) is 0.462. The van der Waals surface area contributed by atoms with E-state index in [4.69, 9.17) is 0 Å². The zero-order chi connectivity index (χ0) is 11.5. The molecule has 2 aromatic rings. The minimum Gasteiger partial charge on any atom is -0.309 e. The number of hydrogen-bond acceptors (Lipinski definition) is 2. The number of aryl methyl sites for hydroxylation is 1. The Morgan fingerprint density at radius 2 is 2.12 bits per heavy atom. The van der Waals surface area contributed by atoms with E-state index in [9.17, 15) is 0 Å². The van der Waals surface area contributed by atoms with Crippen LogP contribution in [0.5, 0.6) is 0 Å². The standard InChI is InChI=1S/C13H19N3/c1-4-10(2)14-9-12-11-7-5-6-8-13(11)16(3)15-12/h5-8,10,14H,4,9H2,1-3H3. The second kappa shape index (κ2) is 4.66. The SMILES string of the molecule is CCC(C)NCc1nn(C)c2ccccc12. The first-order valence-corrected chi connectivity index (χ1v) is 5.86. The third kappa shape index (κ3) is 2.09. The Kier molecular flexibility index (Phi) is 3.25. The first kappa shape index (κ1) is 11.1. The van der Waals surface area contributed by atoms with Crippen LogP contribution in [0.4, 0.5) is 0 Å². The van der Waals surface area contributed by atoms with Gasteiger partial charge in [-0.1, -0.05) is 25.1 Å². The first-order valence-electron chi connectivity index (χ1n) is 5.86. The number of hydrogen-bond donors (Lipinski definition) is 1. The lowest BCUT2D eigenvalue weighted by atomic mass is 10.2. The zero-order valence-corrected chi connectivity index (χ0v) is 10.2. The Balaban J connectivity index is 2.24. The van der Waals surface area contributed by atoms with Gasteiger partial charge in [0.05, 0.1) is 11.2 Å². The van der Waals surface area contributed by atoms with Crippen molar-refractivity contribution in [2.45, 2.75) is 32.9 Å². The molecular formula is C13H19N3. The second-order valence-corrected chi connectivity index (χ2v) is 4.28. The molecule has 0 bridgehead atoms. The van der Waals surface area contributed by atoms with Gasteiger partial charge in [0.2, 0.25) is 0 Å². The molecule has 1 unspecified atom stereocenters. The maximum absolute atomic E-state index is 4.55. The predicted molar refractivity (Wildman–Crippen MR) is 67.3 cm³/mol. The normalized spacial score (nSPS) is 13.2. The fourth-order valence-electron chi connectivity index (χ4n) is 1.83. The molecule has 86 valence electrons.